The fraction of sp³-hybridized carbons (Fsp3) is 0.722. The molecule has 0 aliphatic carbocycles. The van der Waals surface area contributed by atoms with Crippen molar-refractivity contribution in [2.45, 2.75) is 59.4 Å². The van der Waals surface area contributed by atoms with Gasteiger partial charge in [-0.25, -0.2) is 14.4 Å². The predicted molar refractivity (Wildman–Crippen MR) is 102 cm³/mol. The minimum atomic E-state index is -1.02. The van der Waals surface area contributed by atoms with E-state index in [-0.39, 0.29) is 18.5 Å². The number of ether oxygens (including phenoxy) is 1. The molecule has 9 nitrogen and oxygen atoms in total. The van der Waals surface area contributed by atoms with Crippen LogP contribution in [0.15, 0.2) is 11.6 Å². The monoisotopic (exact) mass is 390 g/mol. The van der Waals surface area contributed by atoms with E-state index in [0.29, 0.717) is 13.2 Å². The number of aliphatic hydroxyl groups excluding tert-OH is 1. The number of cyclic esters (lactones) is 1. The molecule has 0 aromatic carbocycles. The lowest BCUT2D eigenvalue weighted by molar-refractivity contribution is -0.135. The molecule has 1 aliphatic heterocycles. The zero-order valence-corrected chi connectivity index (χ0v) is 16.9. The third-order valence-corrected chi connectivity index (χ3v) is 3.93. The van der Waals surface area contributed by atoms with Crippen molar-refractivity contribution >= 4 is 18.2 Å². The molecular weight excluding hydrogens is 356 g/mol. The first-order chi connectivity index (χ1) is 12.5. The predicted octanol–water partition coefficient (Wildman–Crippen LogP) is 2.59. The fourth-order valence-corrected chi connectivity index (χ4v) is 1.97. The largest absolute Gasteiger partial charge is 0.465 e. The van der Waals surface area contributed by atoms with Gasteiger partial charge in [0.25, 0.3) is 0 Å². The maximum absolute atomic E-state index is 10.6. The van der Waals surface area contributed by atoms with Gasteiger partial charge in [0.15, 0.2) is 0 Å². The van der Waals surface area contributed by atoms with Gasteiger partial charge in [-0.2, -0.15) is 0 Å². The van der Waals surface area contributed by atoms with Crippen molar-refractivity contribution in [2.24, 2.45) is 5.92 Å². The van der Waals surface area contributed by atoms with E-state index in [1.165, 1.54) is 0 Å². The molecule has 0 aromatic heterocycles. The maximum Gasteiger partial charge on any atom is 0.405 e. The number of unbranched alkanes of at least 4 members (excludes halogenated alkanes) is 1. The maximum atomic E-state index is 10.6. The SMILES string of the molecule is CC(CCCCNC(=O)O)C(C)(C)NC(=O)O.CC1=CCOC1=O.CCO. The van der Waals surface area contributed by atoms with Crippen LogP contribution in [0.25, 0.3) is 0 Å². The number of hydrogen-bond acceptors (Lipinski definition) is 5. The van der Waals surface area contributed by atoms with Crippen molar-refractivity contribution in [3.8, 4) is 0 Å². The number of rotatable bonds is 7. The topological polar surface area (TPSA) is 145 Å². The van der Waals surface area contributed by atoms with Crippen molar-refractivity contribution in [1.82, 2.24) is 10.6 Å². The highest BCUT2D eigenvalue weighted by atomic mass is 16.5. The van der Waals surface area contributed by atoms with Gasteiger partial charge >= 0.3 is 18.2 Å². The summed E-state index contributed by atoms with van der Waals surface area (Å²) in [5.41, 5.74) is 0.256. The van der Waals surface area contributed by atoms with Crippen LogP contribution in [0, 0.1) is 5.92 Å². The summed E-state index contributed by atoms with van der Waals surface area (Å²) in [6.45, 7) is 10.3. The molecule has 2 amide bonds. The summed E-state index contributed by atoms with van der Waals surface area (Å²) >= 11 is 0. The quantitative estimate of drug-likeness (QED) is 0.332. The lowest BCUT2D eigenvalue weighted by Crippen LogP contribution is -2.47. The molecule has 0 radical (unpaired) electrons. The number of esters is 1. The molecular formula is C18H34N2O7. The van der Waals surface area contributed by atoms with Gasteiger partial charge in [-0.1, -0.05) is 13.3 Å². The summed E-state index contributed by atoms with van der Waals surface area (Å²) in [4.78, 5) is 31.1. The highest BCUT2D eigenvalue weighted by Crippen LogP contribution is 2.21. The molecule has 9 heteroatoms. The van der Waals surface area contributed by atoms with E-state index in [1.807, 2.05) is 20.8 Å². The van der Waals surface area contributed by atoms with Gasteiger partial charge in [0.1, 0.15) is 6.61 Å². The molecule has 5 N–H and O–H groups in total. The molecule has 0 spiro atoms. The van der Waals surface area contributed by atoms with Gasteiger partial charge < -0.3 is 30.7 Å². The van der Waals surface area contributed by atoms with E-state index < -0.39 is 17.7 Å². The van der Waals surface area contributed by atoms with Crippen LogP contribution in [0.3, 0.4) is 0 Å². The van der Waals surface area contributed by atoms with Crippen LogP contribution >= 0.6 is 0 Å². The molecule has 1 atom stereocenters. The average molecular weight is 390 g/mol. The van der Waals surface area contributed by atoms with Crippen molar-refractivity contribution < 1.29 is 34.4 Å². The van der Waals surface area contributed by atoms with Gasteiger partial charge in [-0.3, -0.25) is 0 Å². The summed E-state index contributed by atoms with van der Waals surface area (Å²) in [5.74, 6) is 0.0171. The second-order valence-electron chi connectivity index (χ2n) is 6.58. The molecule has 1 aliphatic rings. The Hall–Kier alpha value is -2.29. The van der Waals surface area contributed by atoms with Gasteiger partial charge in [0.2, 0.25) is 0 Å². The Kier molecular flexibility index (Phi) is 14.8. The van der Waals surface area contributed by atoms with Crippen LogP contribution in [-0.4, -0.2) is 58.8 Å². The Bertz CT molecular complexity index is 490. The molecule has 1 rings (SSSR count). The normalized spacial score (nSPS) is 13.7. The van der Waals surface area contributed by atoms with Crippen LogP contribution in [0.4, 0.5) is 9.59 Å². The second-order valence-corrected chi connectivity index (χ2v) is 6.58. The van der Waals surface area contributed by atoms with E-state index >= 15 is 0 Å². The Morgan fingerprint density at radius 1 is 1.26 bits per heavy atom. The smallest absolute Gasteiger partial charge is 0.405 e. The third-order valence-electron chi connectivity index (χ3n) is 3.93. The number of nitrogens with one attached hydrogen (secondary N) is 2. The first kappa shape index (κ1) is 26.9. The molecule has 1 unspecified atom stereocenters. The second kappa shape index (κ2) is 14.8. The van der Waals surface area contributed by atoms with Gasteiger partial charge in [-0.15, -0.1) is 0 Å². The standard InChI is InChI=1S/C11H22N2O4.C5H6O2.C2H6O/c1-8(11(2,3)13-10(16)17)6-4-5-7-12-9(14)15;1-4-2-3-7-5(4)6;1-2-3/h8,12-13H,4-7H2,1-3H3,(H,14,15)(H,16,17);2H,3H2,1H3;3H,2H2,1H3. The number of aliphatic hydroxyl groups is 1. The third kappa shape index (κ3) is 15.7. The number of carbonyl (C=O) groups is 3. The zero-order chi connectivity index (χ0) is 21.5. The lowest BCUT2D eigenvalue weighted by atomic mass is 9.85. The number of amides is 2. The lowest BCUT2D eigenvalue weighted by Gasteiger charge is -2.31. The summed E-state index contributed by atoms with van der Waals surface area (Å²) < 4.78 is 4.53. The highest BCUT2D eigenvalue weighted by Gasteiger charge is 2.26. The van der Waals surface area contributed by atoms with E-state index in [4.69, 9.17) is 15.3 Å². The van der Waals surface area contributed by atoms with Crippen LogP contribution in [0.5, 0.6) is 0 Å². The Morgan fingerprint density at radius 2 is 1.81 bits per heavy atom. The molecule has 0 bridgehead atoms. The summed E-state index contributed by atoms with van der Waals surface area (Å²) in [5, 5.41) is 29.4. The van der Waals surface area contributed by atoms with Crippen molar-refractivity contribution in [3.63, 3.8) is 0 Å². The van der Waals surface area contributed by atoms with Crippen LogP contribution in [-0.2, 0) is 9.53 Å². The summed E-state index contributed by atoms with van der Waals surface area (Å²) in [7, 11) is 0. The van der Waals surface area contributed by atoms with E-state index in [0.717, 1.165) is 24.8 Å². The number of carbonyl (C=O) groups excluding carboxylic acids is 1. The van der Waals surface area contributed by atoms with Crippen LogP contribution in [0.1, 0.15) is 53.9 Å². The summed E-state index contributed by atoms with van der Waals surface area (Å²) in [6, 6.07) is 0. The van der Waals surface area contributed by atoms with Gasteiger partial charge in [-0.05, 0) is 52.5 Å². The van der Waals surface area contributed by atoms with Crippen LogP contribution < -0.4 is 10.6 Å². The molecule has 0 saturated carbocycles. The fourth-order valence-electron chi connectivity index (χ4n) is 1.97. The molecule has 158 valence electrons. The number of carboxylic acid groups (broad SMARTS) is 2. The van der Waals surface area contributed by atoms with Gasteiger partial charge in [0.05, 0.1) is 0 Å². The minimum absolute atomic E-state index is 0.181. The van der Waals surface area contributed by atoms with Gasteiger partial charge in [0, 0.05) is 24.3 Å². The first-order valence-electron chi connectivity index (χ1n) is 8.90. The molecule has 0 aromatic rings. The Balaban J connectivity index is 0. The Labute approximate surface area is 160 Å². The van der Waals surface area contributed by atoms with Crippen LogP contribution in [0.2, 0.25) is 0 Å². The number of hydrogen-bond donors (Lipinski definition) is 5. The zero-order valence-electron chi connectivity index (χ0n) is 16.9. The van der Waals surface area contributed by atoms with Crippen molar-refractivity contribution in [2.75, 3.05) is 19.8 Å². The van der Waals surface area contributed by atoms with Crippen molar-refractivity contribution in [3.05, 3.63) is 11.6 Å². The average Bonchev–Trinajstić information content (AvgIpc) is 2.90. The van der Waals surface area contributed by atoms with Crippen molar-refractivity contribution in [1.29, 1.82) is 0 Å². The highest BCUT2D eigenvalue weighted by molar-refractivity contribution is 5.89. The molecule has 1 heterocycles. The molecule has 0 fully saturated rings. The first-order valence-corrected chi connectivity index (χ1v) is 8.90. The van der Waals surface area contributed by atoms with E-state index in [2.05, 4.69) is 15.4 Å². The minimum Gasteiger partial charge on any atom is -0.465 e. The van der Waals surface area contributed by atoms with E-state index in [1.54, 1.807) is 19.9 Å². The molecule has 27 heavy (non-hydrogen) atoms. The van der Waals surface area contributed by atoms with E-state index in [9.17, 15) is 14.4 Å². The molecule has 0 saturated heterocycles. The summed E-state index contributed by atoms with van der Waals surface area (Å²) in [6.07, 6.45) is 2.23. The Morgan fingerprint density at radius 3 is 2.15 bits per heavy atom.